The summed E-state index contributed by atoms with van der Waals surface area (Å²) in [4.78, 5) is 8.88. The summed E-state index contributed by atoms with van der Waals surface area (Å²) < 4.78 is 28.0. The molecule has 1 unspecified atom stereocenters. The first-order valence-corrected chi connectivity index (χ1v) is 11.4. The zero-order valence-electron chi connectivity index (χ0n) is 15.2. The fourth-order valence-corrected chi connectivity index (χ4v) is 5.57. The summed E-state index contributed by atoms with van der Waals surface area (Å²) in [5.74, 6) is 0. The number of hydrazone groups is 1. The van der Waals surface area contributed by atoms with Crippen LogP contribution in [0.2, 0.25) is 0 Å². The Morgan fingerprint density at radius 2 is 1.76 bits per heavy atom. The first-order chi connectivity index (χ1) is 14.1. The highest BCUT2D eigenvalue weighted by atomic mass is 32.2. The molecule has 29 heavy (non-hydrogen) atoms. The number of nitrogens with zero attached hydrogens (tertiary/aromatic N) is 4. The van der Waals surface area contributed by atoms with Crippen LogP contribution in [0.4, 0.5) is 0 Å². The predicted octanol–water partition coefficient (Wildman–Crippen LogP) is 4.23. The molecule has 1 aliphatic heterocycles. The van der Waals surface area contributed by atoms with Gasteiger partial charge in [-0.05, 0) is 46.7 Å². The lowest BCUT2D eigenvalue weighted by Crippen LogP contribution is -2.27. The minimum absolute atomic E-state index is 0.223. The van der Waals surface area contributed by atoms with Crippen molar-refractivity contribution in [2.75, 3.05) is 0 Å². The van der Waals surface area contributed by atoms with E-state index in [2.05, 4.69) is 15.1 Å². The minimum Gasteiger partial charge on any atom is -0.253 e. The van der Waals surface area contributed by atoms with Crippen molar-refractivity contribution in [1.82, 2.24) is 14.4 Å². The standard InChI is InChI=1S/C21H16N4O2S2/c26-29(27,17-4-2-1-3-5-17)25-21(13-19(24-25)16-8-11-28-14-16)15-6-7-18-20(12-15)23-10-9-22-18/h1-12,14,21H,13H2. The second kappa shape index (κ2) is 7.06. The van der Waals surface area contributed by atoms with Crippen molar-refractivity contribution in [2.24, 2.45) is 5.10 Å². The minimum atomic E-state index is -3.80. The lowest BCUT2D eigenvalue weighted by molar-refractivity contribution is 0.371. The molecule has 0 saturated carbocycles. The van der Waals surface area contributed by atoms with E-state index in [9.17, 15) is 8.42 Å². The molecular weight excluding hydrogens is 404 g/mol. The van der Waals surface area contributed by atoms with Gasteiger partial charge in [-0.2, -0.15) is 29.3 Å². The first kappa shape index (κ1) is 18.0. The molecule has 0 amide bonds. The average molecular weight is 421 g/mol. The highest BCUT2D eigenvalue weighted by Gasteiger charge is 2.37. The van der Waals surface area contributed by atoms with Crippen molar-refractivity contribution in [3.05, 3.63) is 88.9 Å². The largest absolute Gasteiger partial charge is 0.279 e. The highest BCUT2D eigenvalue weighted by molar-refractivity contribution is 7.89. The molecule has 3 heterocycles. The Morgan fingerprint density at radius 1 is 0.966 bits per heavy atom. The lowest BCUT2D eigenvalue weighted by atomic mass is 10.00. The molecule has 0 bridgehead atoms. The van der Waals surface area contributed by atoms with Crippen LogP contribution in [0.15, 0.2) is 87.7 Å². The monoisotopic (exact) mass is 420 g/mol. The zero-order chi connectivity index (χ0) is 19.8. The van der Waals surface area contributed by atoms with Crippen molar-refractivity contribution in [3.8, 4) is 0 Å². The summed E-state index contributed by atoms with van der Waals surface area (Å²) in [5.41, 5.74) is 4.05. The topological polar surface area (TPSA) is 75.5 Å². The van der Waals surface area contributed by atoms with Crippen LogP contribution < -0.4 is 0 Å². The number of hydrogen-bond donors (Lipinski definition) is 0. The van der Waals surface area contributed by atoms with Crippen LogP contribution in [0.25, 0.3) is 11.0 Å². The van der Waals surface area contributed by atoms with E-state index in [-0.39, 0.29) is 4.90 Å². The van der Waals surface area contributed by atoms with Gasteiger partial charge in [0.1, 0.15) is 0 Å². The molecule has 6 nitrogen and oxygen atoms in total. The third-order valence-corrected chi connectivity index (χ3v) is 7.27. The van der Waals surface area contributed by atoms with E-state index in [4.69, 9.17) is 0 Å². The van der Waals surface area contributed by atoms with E-state index < -0.39 is 16.1 Å². The van der Waals surface area contributed by atoms with Crippen molar-refractivity contribution >= 4 is 38.1 Å². The van der Waals surface area contributed by atoms with Gasteiger partial charge in [0.15, 0.2) is 0 Å². The molecule has 144 valence electrons. The van der Waals surface area contributed by atoms with Gasteiger partial charge < -0.3 is 0 Å². The third kappa shape index (κ3) is 3.20. The van der Waals surface area contributed by atoms with Crippen molar-refractivity contribution in [1.29, 1.82) is 0 Å². The smallest absolute Gasteiger partial charge is 0.253 e. The van der Waals surface area contributed by atoms with Gasteiger partial charge in [0.05, 0.1) is 27.7 Å². The molecule has 0 radical (unpaired) electrons. The van der Waals surface area contributed by atoms with Gasteiger partial charge in [-0.1, -0.05) is 24.3 Å². The van der Waals surface area contributed by atoms with Crippen LogP contribution in [-0.4, -0.2) is 28.5 Å². The number of benzene rings is 2. The Kier molecular flexibility index (Phi) is 4.37. The number of sulfonamides is 1. The SMILES string of the molecule is O=S(=O)(c1ccccc1)N1N=C(c2ccsc2)CC1c1ccc2nccnc2c1. The molecule has 8 heteroatoms. The Balaban J connectivity index is 1.62. The van der Waals surface area contributed by atoms with Crippen molar-refractivity contribution in [3.63, 3.8) is 0 Å². The van der Waals surface area contributed by atoms with Crippen molar-refractivity contribution in [2.45, 2.75) is 17.4 Å². The number of rotatable bonds is 4. The summed E-state index contributed by atoms with van der Waals surface area (Å²) in [6, 6.07) is 15.6. The Morgan fingerprint density at radius 3 is 2.52 bits per heavy atom. The molecular formula is C21H16N4O2S2. The first-order valence-electron chi connectivity index (χ1n) is 9.03. The summed E-state index contributed by atoms with van der Waals surface area (Å²) in [6.45, 7) is 0. The summed E-state index contributed by atoms with van der Waals surface area (Å²) in [5, 5.41) is 8.50. The van der Waals surface area contributed by atoms with Crippen LogP contribution >= 0.6 is 11.3 Å². The third-order valence-electron chi connectivity index (χ3n) is 4.89. The summed E-state index contributed by atoms with van der Waals surface area (Å²) in [6.07, 6.45) is 3.77. The molecule has 2 aromatic carbocycles. The summed E-state index contributed by atoms with van der Waals surface area (Å²) >= 11 is 1.56. The normalized spacial score (nSPS) is 16.9. The van der Waals surface area contributed by atoms with Crippen LogP contribution in [0.3, 0.4) is 0 Å². The molecule has 0 spiro atoms. The maximum atomic E-state index is 13.4. The maximum Gasteiger partial charge on any atom is 0.279 e. The van der Waals surface area contributed by atoms with Gasteiger partial charge >= 0.3 is 0 Å². The van der Waals surface area contributed by atoms with E-state index in [0.717, 1.165) is 27.9 Å². The summed E-state index contributed by atoms with van der Waals surface area (Å²) in [7, 11) is -3.80. The van der Waals surface area contributed by atoms with E-state index >= 15 is 0 Å². The Labute approximate surface area is 172 Å². The Bertz CT molecular complexity index is 1300. The Hall–Kier alpha value is -3.10. The van der Waals surface area contributed by atoms with E-state index in [1.54, 1.807) is 54.1 Å². The van der Waals surface area contributed by atoms with Crippen LogP contribution in [0.5, 0.6) is 0 Å². The van der Waals surface area contributed by atoms with Gasteiger partial charge in [-0.3, -0.25) is 9.97 Å². The molecule has 0 aliphatic carbocycles. The van der Waals surface area contributed by atoms with E-state index in [0.29, 0.717) is 6.42 Å². The van der Waals surface area contributed by atoms with E-state index in [1.807, 2.05) is 35.0 Å². The molecule has 1 aliphatic rings. The maximum absolute atomic E-state index is 13.4. The number of thiophene rings is 1. The van der Waals surface area contributed by atoms with Crippen LogP contribution in [-0.2, 0) is 10.0 Å². The van der Waals surface area contributed by atoms with Gasteiger partial charge in [-0.25, -0.2) is 0 Å². The number of aromatic nitrogens is 2. The average Bonchev–Trinajstić information content (AvgIpc) is 3.44. The second-order valence-corrected chi connectivity index (χ2v) is 9.25. The number of hydrogen-bond acceptors (Lipinski definition) is 6. The molecule has 0 N–H and O–H groups in total. The molecule has 4 aromatic rings. The predicted molar refractivity (Wildman–Crippen MR) is 113 cm³/mol. The van der Waals surface area contributed by atoms with Gasteiger partial charge in [0, 0.05) is 24.4 Å². The quantitative estimate of drug-likeness (QED) is 0.495. The van der Waals surface area contributed by atoms with Gasteiger partial charge in [-0.15, -0.1) is 0 Å². The molecule has 2 aromatic heterocycles. The lowest BCUT2D eigenvalue weighted by Gasteiger charge is -2.23. The van der Waals surface area contributed by atoms with Crippen molar-refractivity contribution < 1.29 is 8.42 Å². The zero-order valence-corrected chi connectivity index (χ0v) is 16.8. The van der Waals surface area contributed by atoms with Gasteiger partial charge in [0.2, 0.25) is 0 Å². The fraction of sp³-hybridized carbons (Fsp3) is 0.0952. The van der Waals surface area contributed by atoms with Gasteiger partial charge in [0.25, 0.3) is 10.0 Å². The molecule has 5 rings (SSSR count). The highest BCUT2D eigenvalue weighted by Crippen LogP contribution is 2.38. The van der Waals surface area contributed by atoms with Crippen LogP contribution in [0, 0.1) is 0 Å². The van der Waals surface area contributed by atoms with Crippen LogP contribution in [0.1, 0.15) is 23.6 Å². The fourth-order valence-electron chi connectivity index (χ4n) is 3.45. The van der Waals surface area contributed by atoms with E-state index in [1.165, 1.54) is 4.41 Å². The second-order valence-electron chi connectivity index (χ2n) is 6.67. The molecule has 0 fully saturated rings. The molecule has 1 atom stereocenters. The number of fused-ring (bicyclic) bond motifs is 1. The molecule has 0 saturated heterocycles.